The molecule has 0 bridgehead atoms. The van der Waals surface area contributed by atoms with Crippen LogP contribution in [0.5, 0.6) is 5.88 Å². The van der Waals surface area contributed by atoms with Crippen LogP contribution < -0.4 is 10.5 Å². The molecule has 0 aliphatic carbocycles. The Kier molecular flexibility index (Phi) is 3.00. The normalized spacial score (nSPS) is 10.8. The predicted molar refractivity (Wildman–Crippen MR) is 75.4 cm³/mol. The Morgan fingerprint density at radius 2 is 2.11 bits per heavy atom. The lowest BCUT2D eigenvalue weighted by atomic mass is 10.3. The highest BCUT2D eigenvalue weighted by Crippen LogP contribution is 2.27. The smallest absolute Gasteiger partial charge is 0.213 e. The Labute approximate surface area is 114 Å². The molecule has 0 unspecified atom stereocenters. The number of nitrogen functional groups attached to an aromatic ring is 1. The molecule has 0 saturated carbocycles. The lowest BCUT2D eigenvalue weighted by Gasteiger charge is -2.00. The predicted octanol–water partition coefficient (Wildman–Crippen LogP) is 2.70. The number of aromatic amines is 1. The third-order valence-electron chi connectivity index (χ3n) is 2.59. The second-order valence-electron chi connectivity index (χ2n) is 3.94. The lowest BCUT2D eigenvalue weighted by Crippen LogP contribution is -1.88. The molecule has 3 rings (SSSR count). The molecule has 0 aliphatic rings. The van der Waals surface area contributed by atoms with Crippen LogP contribution >= 0.6 is 11.8 Å². The Morgan fingerprint density at radius 3 is 2.95 bits per heavy atom. The quantitative estimate of drug-likeness (QED) is 0.717. The van der Waals surface area contributed by atoms with Crippen molar-refractivity contribution in [2.45, 2.75) is 10.2 Å². The van der Waals surface area contributed by atoms with Gasteiger partial charge in [-0.15, -0.1) is 0 Å². The zero-order valence-electron chi connectivity index (χ0n) is 10.3. The minimum Gasteiger partial charge on any atom is -0.481 e. The molecule has 2 heterocycles. The molecule has 19 heavy (non-hydrogen) atoms. The van der Waals surface area contributed by atoms with Crippen LogP contribution in [0.2, 0.25) is 0 Å². The fraction of sp³-hybridized carbons (Fsp3) is 0.0769. The second kappa shape index (κ2) is 4.81. The van der Waals surface area contributed by atoms with Gasteiger partial charge in [-0.3, -0.25) is 0 Å². The van der Waals surface area contributed by atoms with Gasteiger partial charge in [0.1, 0.15) is 5.03 Å². The van der Waals surface area contributed by atoms with Crippen molar-refractivity contribution >= 4 is 28.5 Å². The third kappa shape index (κ3) is 2.48. The number of H-pyrrole nitrogens is 1. The molecule has 0 aliphatic heterocycles. The average molecular weight is 272 g/mol. The van der Waals surface area contributed by atoms with Crippen LogP contribution in [0, 0.1) is 0 Å². The summed E-state index contributed by atoms with van der Waals surface area (Å²) in [7, 11) is 1.60. The van der Waals surface area contributed by atoms with Crippen molar-refractivity contribution in [1.82, 2.24) is 15.0 Å². The first-order chi connectivity index (χ1) is 9.24. The molecule has 0 atom stereocenters. The molecule has 0 radical (unpaired) electrons. The van der Waals surface area contributed by atoms with Gasteiger partial charge in [0.25, 0.3) is 0 Å². The van der Waals surface area contributed by atoms with Gasteiger partial charge < -0.3 is 15.5 Å². The van der Waals surface area contributed by atoms with Crippen molar-refractivity contribution in [2.75, 3.05) is 12.8 Å². The number of hydrogen-bond acceptors (Lipinski definition) is 5. The standard InChI is InChI=1S/C13H12N4OS/c1-18-11-3-2-4-12(17-11)19-13-15-9-6-5-8(14)7-10(9)16-13/h2-7H,14H2,1H3,(H,15,16). The summed E-state index contributed by atoms with van der Waals surface area (Å²) in [4.78, 5) is 12.0. The molecule has 2 aromatic heterocycles. The molecule has 3 N–H and O–H groups in total. The van der Waals surface area contributed by atoms with Crippen molar-refractivity contribution < 1.29 is 4.74 Å². The van der Waals surface area contributed by atoms with Gasteiger partial charge in [0.2, 0.25) is 5.88 Å². The Hall–Kier alpha value is -2.21. The van der Waals surface area contributed by atoms with Crippen molar-refractivity contribution in [3.63, 3.8) is 0 Å². The summed E-state index contributed by atoms with van der Waals surface area (Å²) >= 11 is 1.45. The number of fused-ring (bicyclic) bond motifs is 1. The maximum Gasteiger partial charge on any atom is 0.213 e. The molecule has 5 nitrogen and oxygen atoms in total. The summed E-state index contributed by atoms with van der Waals surface area (Å²) in [5.74, 6) is 0.588. The number of hydrogen-bond donors (Lipinski definition) is 2. The van der Waals surface area contributed by atoms with Crippen molar-refractivity contribution in [3.8, 4) is 5.88 Å². The van der Waals surface area contributed by atoms with Crippen LogP contribution in [-0.4, -0.2) is 22.1 Å². The molecule has 1 aromatic carbocycles. The third-order valence-corrected chi connectivity index (χ3v) is 3.42. The maximum atomic E-state index is 5.74. The van der Waals surface area contributed by atoms with E-state index in [1.165, 1.54) is 11.8 Å². The minimum absolute atomic E-state index is 0.588. The topological polar surface area (TPSA) is 76.8 Å². The van der Waals surface area contributed by atoms with Crippen LogP contribution in [0.4, 0.5) is 5.69 Å². The van der Waals surface area contributed by atoms with E-state index in [0.717, 1.165) is 21.2 Å². The van der Waals surface area contributed by atoms with Gasteiger partial charge in [-0.25, -0.2) is 9.97 Å². The number of methoxy groups -OCH3 is 1. The summed E-state index contributed by atoms with van der Waals surface area (Å²) < 4.78 is 5.10. The fourth-order valence-corrected chi connectivity index (χ4v) is 2.50. The number of benzene rings is 1. The molecule has 0 fully saturated rings. The van der Waals surface area contributed by atoms with E-state index >= 15 is 0 Å². The van der Waals surface area contributed by atoms with Crippen LogP contribution in [0.3, 0.4) is 0 Å². The van der Waals surface area contributed by atoms with E-state index in [2.05, 4.69) is 15.0 Å². The molecule has 6 heteroatoms. The van der Waals surface area contributed by atoms with Gasteiger partial charge in [0, 0.05) is 11.8 Å². The number of nitrogens with zero attached hydrogens (tertiary/aromatic N) is 2. The van der Waals surface area contributed by atoms with Gasteiger partial charge in [-0.1, -0.05) is 6.07 Å². The second-order valence-corrected chi connectivity index (χ2v) is 4.95. The molecule has 0 saturated heterocycles. The number of ether oxygens (including phenoxy) is 1. The van der Waals surface area contributed by atoms with E-state index in [1.807, 2.05) is 36.4 Å². The molecular formula is C13H12N4OS. The monoisotopic (exact) mass is 272 g/mol. The first kappa shape index (κ1) is 11.9. The van der Waals surface area contributed by atoms with Crippen LogP contribution in [0.25, 0.3) is 11.0 Å². The van der Waals surface area contributed by atoms with Crippen molar-refractivity contribution in [2.24, 2.45) is 0 Å². The van der Waals surface area contributed by atoms with Gasteiger partial charge in [0.05, 0.1) is 18.1 Å². The first-order valence-corrected chi connectivity index (χ1v) is 6.50. The summed E-state index contributed by atoms with van der Waals surface area (Å²) in [6.45, 7) is 0. The maximum absolute atomic E-state index is 5.74. The first-order valence-electron chi connectivity index (χ1n) is 5.69. The number of aromatic nitrogens is 3. The van der Waals surface area contributed by atoms with E-state index in [0.29, 0.717) is 11.6 Å². The highest BCUT2D eigenvalue weighted by atomic mass is 32.2. The fourth-order valence-electron chi connectivity index (χ4n) is 1.72. The van der Waals surface area contributed by atoms with E-state index < -0.39 is 0 Å². The number of nitrogens with two attached hydrogens (primary N) is 1. The summed E-state index contributed by atoms with van der Waals surface area (Å²) in [5.41, 5.74) is 8.27. The SMILES string of the molecule is COc1cccc(Sc2nc3ccc(N)cc3[nH]2)n1. The summed E-state index contributed by atoms with van der Waals surface area (Å²) in [5, 5.41) is 1.60. The molecular weight excluding hydrogens is 260 g/mol. The van der Waals surface area contributed by atoms with Gasteiger partial charge in [-0.05, 0) is 36.0 Å². The van der Waals surface area contributed by atoms with Crippen LogP contribution in [-0.2, 0) is 0 Å². The molecule has 0 spiro atoms. The van der Waals surface area contributed by atoms with E-state index in [4.69, 9.17) is 10.5 Å². The minimum atomic E-state index is 0.588. The Bertz CT molecular complexity index is 725. The number of nitrogens with one attached hydrogen (secondary N) is 1. The molecule has 0 amide bonds. The van der Waals surface area contributed by atoms with Gasteiger partial charge >= 0.3 is 0 Å². The summed E-state index contributed by atoms with van der Waals surface area (Å²) in [6, 6.07) is 11.2. The van der Waals surface area contributed by atoms with Gasteiger partial charge in [0.15, 0.2) is 5.16 Å². The lowest BCUT2D eigenvalue weighted by molar-refractivity contribution is 0.394. The molecule has 3 aromatic rings. The van der Waals surface area contributed by atoms with Crippen molar-refractivity contribution in [3.05, 3.63) is 36.4 Å². The zero-order chi connectivity index (χ0) is 13.2. The molecule has 96 valence electrons. The Morgan fingerprint density at radius 1 is 1.21 bits per heavy atom. The van der Waals surface area contributed by atoms with E-state index in [-0.39, 0.29) is 0 Å². The highest BCUT2D eigenvalue weighted by molar-refractivity contribution is 7.99. The van der Waals surface area contributed by atoms with Crippen LogP contribution in [0.15, 0.2) is 46.6 Å². The van der Waals surface area contributed by atoms with Crippen molar-refractivity contribution in [1.29, 1.82) is 0 Å². The van der Waals surface area contributed by atoms with Crippen LogP contribution in [0.1, 0.15) is 0 Å². The number of pyridine rings is 1. The highest BCUT2D eigenvalue weighted by Gasteiger charge is 2.06. The number of rotatable bonds is 3. The average Bonchev–Trinajstić information content (AvgIpc) is 2.80. The van der Waals surface area contributed by atoms with E-state index in [9.17, 15) is 0 Å². The van der Waals surface area contributed by atoms with Gasteiger partial charge in [-0.2, -0.15) is 0 Å². The number of anilines is 1. The van der Waals surface area contributed by atoms with E-state index in [1.54, 1.807) is 7.11 Å². The largest absolute Gasteiger partial charge is 0.481 e. The number of imidazole rings is 1. The summed E-state index contributed by atoms with van der Waals surface area (Å²) in [6.07, 6.45) is 0. The Balaban J connectivity index is 1.92. The zero-order valence-corrected chi connectivity index (χ0v) is 11.1.